The Balaban J connectivity index is 1.54. The van der Waals surface area contributed by atoms with Crippen molar-refractivity contribution in [2.75, 3.05) is 6.54 Å². The molecule has 0 unspecified atom stereocenters. The highest BCUT2D eigenvalue weighted by molar-refractivity contribution is 5.91. The summed E-state index contributed by atoms with van der Waals surface area (Å²) >= 11 is 0. The Bertz CT molecular complexity index is 776. The van der Waals surface area contributed by atoms with Gasteiger partial charge >= 0.3 is 0 Å². The Hall–Kier alpha value is -3.15. The molecule has 0 saturated carbocycles. The van der Waals surface area contributed by atoms with Crippen LogP contribution in [-0.4, -0.2) is 27.0 Å². The minimum atomic E-state index is -0.166. The first-order chi connectivity index (χ1) is 11.3. The standard InChI is InChI=1S/C17H16N4O2/c22-16(7-6-14-4-3-13-23-14)19-9-11-21-12-10-20-17(21)15-5-1-2-8-18-15/h1-8,10,12-13H,9,11H2,(H,19,22)/b7-6+. The summed E-state index contributed by atoms with van der Waals surface area (Å²) in [5.74, 6) is 1.26. The normalized spacial score (nSPS) is 11.0. The molecule has 0 fully saturated rings. The third-order valence-corrected chi connectivity index (χ3v) is 3.20. The first-order valence-electron chi connectivity index (χ1n) is 7.25. The van der Waals surface area contributed by atoms with Gasteiger partial charge in [0.15, 0.2) is 5.82 Å². The Morgan fingerprint density at radius 2 is 2.17 bits per heavy atom. The fraction of sp³-hybridized carbons (Fsp3) is 0.118. The molecule has 0 spiro atoms. The molecule has 0 aliphatic rings. The van der Waals surface area contributed by atoms with E-state index in [2.05, 4.69) is 15.3 Å². The van der Waals surface area contributed by atoms with Crippen LogP contribution in [-0.2, 0) is 11.3 Å². The van der Waals surface area contributed by atoms with Crippen molar-refractivity contribution in [3.05, 3.63) is 67.0 Å². The lowest BCUT2D eigenvalue weighted by Gasteiger charge is -2.07. The molecule has 116 valence electrons. The van der Waals surface area contributed by atoms with Gasteiger partial charge in [0.2, 0.25) is 5.91 Å². The van der Waals surface area contributed by atoms with Gasteiger partial charge in [0.05, 0.1) is 6.26 Å². The van der Waals surface area contributed by atoms with Crippen molar-refractivity contribution in [3.8, 4) is 11.5 Å². The minimum absolute atomic E-state index is 0.166. The van der Waals surface area contributed by atoms with Crippen LogP contribution in [0.25, 0.3) is 17.6 Å². The van der Waals surface area contributed by atoms with Crippen LogP contribution in [0.2, 0.25) is 0 Å². The van der Waals surface area contributed by atoms with Crippen molar-refractivity contribution in [2.45, 2.75) is 6.54 Å². The van der Waals surface area contributed by atoms with Gasteiger partial charge in [0.1, 0.15) is 11.5 Å². The summed E-state index contributed by atoms with van der Waals surface area (Å²) < 4.78 is 7.08. The molecule has 6 nitrogen and oxygen atoms in total. The average molecular weight is 308 g/mol. The molecule has 0 bridgehead atoms. The van der Waals surface area contributed by atoms with Crippen molar-refractivity contribution in [3.63, 3.8) is 0 Å². The van der Waals surface area contributed by atoms with Crippen molar-refractivity contribution < 1.29 is 9.21 Å². The lowest BCUT2D eigenvalue weighted by atomic mass is 10.3. The summed E-state index contributed by atoms with van der Waals surface area (Å²) in [4.78, 5) is 20.4. The molecule has 23 heavy (non-hydrogen) atoms. The zero-order valence-electron chi connectivity index (χ0n) is 12.4. The molecule has 3 aromatic rings. The number of nitrogens with zero attached hydrogens (tertiary/aromatic N) is 3. The number of hydrogen-bond donors (Lipinski definition) is 1. The monoisotopic (exact) mass is 308 g/mol. The number of carbonyl (C=O) groups is 1. The summed E-state index contributed by atoms with van der Waals surface area (Å²) in [5.41, 5.74) is 0.807. The zero-order valence-corrected chi connectivity index (χ0v) is 12.4. The number of pyridine rings is 1. The number of hydrogen-bond acceptors (Lipinski definition) is 4. The highest BCUT2D eigenvalue weighted by Crippen LogP contribution is 2.13. The number of carbonyl (C=O) groups excluding carboxylic acids is 1. The second-order valence-corrected chi connectivity index (χ2v) is 4.80. The van der Waals surface area contributed by atoms with Crippen molar-refractivity contribution in [1.82, 2.24) is 19.9 Å². The fourth-order valence-electron chi connectivity index (χ4n) is 2.12. The van der Waals surface area contributed by atoms with Crippen LogP contribution in [0.4, 0.5) is 0 Å². The minimum Gasteiger partial charge on any atom is -0.465 e. The SMILES string of the molecule is O=C(/C=C/c1ccco1)NCCn1ccnc1-c1ccccn1. The first kappa shape index (κ1) is 14.8. The molecule has 0 aromatic carbocycles. The number of imidazole rings is 1. The summed E-state index contributed by atoms with van der Waals surface area (Å²) in [5, 5.41) is 2.83. The Morgan fingerprint density at radius 3 is 2.96 bits per heavy atom. The van der Waals surface area contributed by atoms with E-state index >= 15 is 0 Å². The van der Waals surface area contributed by atoms with Crippen LogP contribution in [0, 0.1) is 0 Å². The van der Waals surface area contributed by atoms with E-state index in [4.69, 9.17) is 4.42 Å². The molecule has 6 heteroatoms. The average Bonchev–Trinajstić information content (AvgIpc) is 3.25. The Labute approximate surface area is 133 Å². The molecule has 0 saturated heterocycles. The van der Waals surface area contributed by atoms with Crippen LogP contribution < -0.4 is 5.32 Å². The predicted octanol–water partition coefficient (Wildman–Crippen LogP) is 2.37. The van der Waals surface area contributed by atoms with Crippen molar-refractivity contribution >= 4 is 12.0 Å². The summed E-state index contributed by atoms with van der Waals surface area (Å²) in [6, 6.07) is 9.25. The number of furan rings is 1. The third kappa shape index (κ3) is 3.94. The van der Waals surface area contributed by atoms with E-state index in [9.17, 15) is 4.79 Å². The molecular formula is C17H16N4O2. The third-order valence-electron chi connectivity index (χ3n) is 3.20. The first-order valence-corrected chi connectivity index (χ1v) is 7.25. The number of amides is 1. The molecule has 3 heterocycles. The van der Waals surface area contributed by atoms with E-state index in [0.717, 1.165) is 11.5 Å². The highest BCUT2D eigenvalue weighted by atomic mass is 16.3. The number of nitrogens with one attached hydrogen (secondary N) is 1. The van der Waals surface area contributed by atoms with E-state index in [-0.39, 0.29) is 5.91 Å². The lowest BCUT2D eigenvalue weighted by Crippen LogP contribution is -2.25. The van der Waals surface area contributed by atoms with Gasteiger partial charge < -0.3 is 14.3 Å². The van der Waals surface area contributed by atoms with Crippen LogP contribution >= 0.6 is 0 Å². The van der Waals surface area contributed by atoms with Gasteiger partial charge in [-0.15, -0.1) is 0 Å². The maximum absolute atomic E-state index is 11.7. The van der Waals surface area contributed by atoms with Crippen LogP contribution in [0.5, 0.6) is 0 Å². The van der Waals surface area contributed by atoms with Crippen molar-refractivity contribution in [1.29, 1.82) is 0 Å². The molecular weight excluding hydrogens is 292 g/mol. The fourth-order valence-corrected chi connectivity index (χ4v) is 2.12. The molecule has 0 aliphatic carbocycles. The Morgan fingerprint density at radius 1 is 1.22 bits per heavy atom. The topological polar surface area (TPSA) is 73.0 Å². The number of rotatable bonds is 6. The maximum atomic E-state index is 11.7. The van der Waals surface area contributed by atoms with E-state index in [1.54, 1.807) is 36.9 Å². The molecule has 0 radical (unpaired) electrons. The maximum Gasteiger partial charge on any atom is 0.244 e. The van der Waals surface area contributed by atoms with Gasteiger partial charge in [-0.25, -0.2) is 4.98 Å². The molecule has 3 aromatic heterocycles. The van der Waals surface area contributed by atoms with Gasteiger partial charge in [0, 0.05) is 37.8 Å². The number of aromatic nitrogens is 3. The van der Waals surface area contributed by atoms with Crippen molar-refractivity contribution in [2.24, 2.45) is 0 Å². The Kier molecular flexibility index (Phi) is 4.63. The largest absolute Gasteiger partial charge is 0.465 e. The van der Waals surface area contributed by atoms with E-state index in [0.29, 0.717) is 18.8 Å². The van der Waals surface area contributed by atoms with Crippen LogP contribution in [0.15, 0.2) is 65.7 Å². The van der Waals surface area contributed by atoms with E-state index in [1.807, 2.05) is 29.0 Å². The van der Waals surface area contributed by atoms with Gasteiger partial charge in [-0.05, 0) is 30.3 Å². The van der Waals surface area contributed by atoms with Gasteiger partial charge in [-0.2, -0.15) is 0 Å². The summed E-state index contributed by atoms with van der Waals surface area (Å²) in [7, 11) is 0. The summed E-state index contributed by atoms with van der Waals surface area (Å²) in [6.07, 6.45) is 9.97. The van der Waals surface area contributed by atoms with Gasteiger partial charge in [0.25, 0.3) is 0 Å². The van der Waals surface area contributed by atoms with Crippen LogP contribution in [0.1, 0.15) is 5.76 Å². The quantitative estimate of drug-likeness (QED) is 0.710. The zero-order chi connectivity index (χ0) is 15.9. The smallest absolute Gasteiger partial charge is 0.244 e. The second-order valence-electron chi connectivity index (χ2n) is 4.80. The molecule has 1 N–H and O–H groups in total. The van der Waals surface area contributed by atoms with Crippen LogP contribution in [0.3, 0.4) is 0 Å². The van der Waals surface area contributed by atoms with E-state index < -0.39 is 0 Å². The summed E-state index contributed by atoms with van der Waals surface area (Å²) in [6.45, 7) is 1.11. The predicted molar refractivity (Wildman–Crippen MR) is 86.2 cm³/mol. The molecule has 1 amide bonds. The lowest BCUT2D eigenvalue weighted by molar-refractivity contribution is -0.116. The van der Waals surface area contributed by atoms with Gasteiger partial charge in [-0.1, -0.05) is 6.07 Å². The van der Waals surface area contributed by atoms with Gasteiger partial charge in [-0.3, -0.25) is 9.78 Å². The molecule has 3 rings (SSSR count). The highest BCUT2D eigenvalue weighted by Gasteiger charge is 2.06. The van der Waals surface area contributed by atoms with E-state index in [1.165, 1.54) is 6.08 Å². The molecule has 0 atom stereocenters. The second kappa shape index (κ2) is 7.22. The molecule has 0 aliphatic heterocycles.